The van der Waals surface area contributed by atoms with E-state index in [0.717, 1.165) is 12.1 Å². The van der Waals surface area contributed by atoms with Gasteiger partial charge in [0.15, 0.2) is 11.6 Å². The highest BCUT2D eigenvalue weighted by atomic mass is 19.2. The normalized spacial score (nSPS) is 10.5. The second kappa shape index (κ2) is 6.66. The van der Waals surface area contributed by atoms with Crippen molar-refractivity contribution < 1.29 is 33.3 Å². The van der Waals surface area contributed by atoms with Crippen molar-refractivity contribution in [2.45, 2.75) is 13.3 Å². The van der Waals surface area contributed by atoms with Crippen LogP contribution in [-0.2, 0) is 6.42 Å². The van der Waals surface area contributed by atoms with Crippen LogP contribution in [0.25, 0.3) is 0 Å². The quantitative estimate of drug-likeness (QED) is 0.875. The largest absolute Gasteiger partial charge is 0.493 e. The molecular formula is C17H14F2O5. The minimum absolute atomic E-state index is 0.0130. The molecule has 0 bridgehead atoms. The lowest BCUT2D eigenvalue weighted by Gasteiger charge is -2.14. The van der Waals surface area contributed by atoms with Gasteiger partial charge in [-0.3, -0.25) is 0 Å². The molecule has 0 aliphatic heterocycles. The Morgan fingerprint density at radius 3 is 2.29 bits per heavy atom. The van der Waals surface area contributed by atoms with E-state index in [1.807, 2.05) is 0 Å². The molecule has 0 saturated carbocycles. The topological polar surface area (TPSA) is 83.8 Å². The van der Waals surface area contributed by atoms with Gasteiger partial charge in [-0.2, -0.15) is 4.39 Å². The SMILES string of the molecule is COc1c(C)c(Cc2ccc(C(=O)O)cc2C(=O)O)cc(F)c1F. The summed E-state index contributed by atoms with van der Waals surface area (Å²) >= 11 is 0. The minimum atomic E-state index is -1.31. The molecule has 0 aliphatic rings. The zero-order valence-electron chi connectivity index (χ0n) is 12.9. The Balaban J connectivity index is 2.54. The van der Waals surface area contributed by atoms with E-state index in [2.05, 4.69) is 0 Å². The third kappa shape index (κ3) is 3.19. The predicted octanol–water partition coefficient (Wildman–Crippen LogP) is 3.27. The summed E-state index contributed by atoms with van der Waals surface area (Å²) in [6.45, 7) is 1.53. The summed E-state index contributed by atoms with van der Waals surface area (Å²) in [5.74, 6) is -5.02. The number of hydrogen-bond acceptors (Lipinski definition) is 3. The monoisotopic (exact) mass is 336 g/mol. The summed E-state index contributed by atoms with van der Waals surface area (Å²) in [6.07, 6.45) is -0.0130. The second-order valence-electron chi connectivity index (χ2n) is 5.15. The molecule has 0 radical (unpaired) electrons. The summed E-state index contributed by atoms with van der Waals surface area (Å²) in [7, 11) is 1.21. The number of carboxylic acid groups (broad SMARTS) is 2. The summed E-state index contributed by atoms with van der Waals surface area (Å²) in [4.78, 5) is 22.3. The number of carbonyl (C=O) groups is 2. The first-order chi connectivity index (χ1) is 11.3. The molecule has 2 rings (SSSR count). The number of carboxylic acids is 2. The maximum Gasteiger partial charge on any atom is 0.336 e. The first-order valence-corrected chi connectivity index (χ1v) is 6.87. The molecule has 5 nitrogen and oxygen atoms in total. The van der Waals surface area contributed by atoms with Gasteiger partial charge in [-0.05, 0) is 48.2 Å². The lowest BCUT2D eigenvalue weighted by Crippen LogP contribution is -2.08. The Labute approximate surface area is 136 Å². The molecule has 0 unspecified atom stereocenters. The number of rotatable bonds is 5. The predicted molar refractivity (Wildman–Crippen MR) is 80.8 cm³/mol. The zero-order valence-corrected chi connectivity index (χ0v) is 12.9. The maximum atomic E-state index is 13.7. The highest BCUT2D eigenvalue weighted by Crippen LogP contribution is 2.30. The summed E-state index contributed by atoms with van der Waals surface area (Å²) in [6, 6.07) is 4.62. The van der Waals surface area contributed by atoms with Crippen molar-refractivity contribution in [1.82, 2.24) is 0 Å². The van der Waals surface area contributed by atoms with Gasteiger partial charge in [0.1, 0.15) is 0 Å². The van der Waals surface area contributed by atoms with Crippen LogP contribution in [0.1, 0.15) is 37.4 Å². The molecule has 2 N–H and O–H groups in total. The minimum Gasteiger partial charge on any atom is -0.493 e. The molecule has 0 spiro atoms. The smallest absolute Gasteiger partial charge is 0.336 e. The molecule has 2 aromatic carbocycles. The summed E-state index contributed by atoms with van der Waals surface area (Å²) in [5.41, 5.74) is 0.587. The molecule has 0 heterocycles. The van der Waals surface area contributed by atoms with Gasteiger partial charge >= 0.3 is 11.9 Å². The highest BCUT2D eigenvalue weighted by Gasteiger charge is 2.19. The third-order valence-electron chi connectivity index (χ3n) is 3.70. The lowest BCUT2D eigenvalue weighted by atomic mass is 9.94. The second-order valence-corrected chi connectivity index (χ2v) is 5.15. The number of benzene rings is 2. The number of hydrogen-bond donors (Lipinski definition) is 2. The lowest BCUT2D eigenvalue weighted by molar-refractivity contribution is 0.0695. The molecule has 24 heavy (non-hydrogen) atoms. The first kappa shape index (κ1) is 17.4. The van der Waals surface area contributed by atoms with Gasteiger partial charge in [-0.15, -0.1) is 0 Å². The third-order valence-corrected chi connectivity index (χ3v) is 3.70. The molecular weight excluding hydrogens is 322 g/mol. The first-order valence-electron chi connectivity index (χ1n) is 6.87. The molecule has 126 valence electrons. The van der Waals surface area contributed by atoms with Crippen molar-refractivity contribution in [3.63, 3.8) is 0 Å². The Kier molecular flexibility index (Phi) is 4.82. The van der Waals surface area contributed by atoms with Gasteiger partial charge in [0.05, 0.1) is 18.2 Å². The van der Waals surface area contributed by atoms with Crippen LogP contribution in [0.2, 0.25) is 0 Å². The molecule has 7 heteroatoms. The summed E-state index contributed by atoms with van der Waals surface area (Å²) in [5, 5.41) is 18.2. The number of aromatic carboxylic acids is 2. The fourth-order valence-corrected chi connectivity index (χ4v) is 2.44. The van der Waals surface area contributed by atoms with E-state index in [1.54, 1.807) is 0 Å². The standard InChI is InChI=1S/C17H14F2O5/c1-8-11(7-13(18)14(19)15(8)24-2)5-9-3-4-10(16(20)21)6-12(9)17(22)23/h3-4,6-7H,5H2,1-2H3,(H,20,21)(H,22,23). The van der Waals surface area contributed by atoms with Crippen LogP contribution < -0.4 is 4.74 Å². The molecule has 0 atom stereocenters. The van der Waals surface area contributed by atoms with E-state index in [-0.39, 0.29) is 28.9 Å². The van der Waals surface area contributed by atoms with Crippen molar-refractivity contribution >= 4 is 11.9 Å². The van der Waals surface area contributed by atoms with Crippen LogP contribution in [0.4, 0.5) is 8.78 Å². The average Bonchev–Trinajstić information content (AvgIpc) is 2.53. The van der Waals surface area contributed by atoms with E-state index in [4.69, 9.17) is 9.84 Å². The van der Waals surface area contributed by atoms with Crippen molar-refractivity contribution in [2.75, 3.05) is 7.11 Å². The molecule has 0 saturated heterocycles. The Morgan fingerprint density at radius 2 is 1.75 bits per heavy atom. The fourth-order valence-electron chi connectivity index (χ4n) is 2.44. The van der Waals surface area contributed by atoms with Gasteiger partial charge in [0.2, 0.25) is 5.82 Å². The van der Waals surface area contributed by atoms with Crippen molar-refractivity contribution in [3.8, 4) is 5.75 Å². The average molecular weight is 336 g/mol. The van der Waals surface area contributed by atoms with Crippen LogP contribution in [0, 0.1) is 18.6 Å². The van der Waals surface area contributed by atoms with Gasteiger partial charge in [0, 0.05) is 0 Å². The van der Waals surface area contributed by atoms with E-state index in [9.17, 15) is 23.5 Å². The Morgan fingerprint density at radius 1 is 1.08 bits per heavy atom. The van der Waals surface area contributed by atoms with Crippen LogP contribution in [0.15, 0.2) is 24.3 Å². The van der Waals surface area contributed by atoms with E-state index < -0.39 is 23.6 Å². The van der Waals surface area contributed by atoms with E-state index in [1.165, 1.54) is 26.2 Å². The fraction of sp³-hybridized carbons (Fsp3) is 0.176. The Hall–Kier alpha value is -2.96. The number of ether oxygens (including phenoxy) is 1. The van der Waals surface area contributed by atoms with E-state index >= 15 is 0 Å². The van der Waals surface area contributed by atoms with Gasteiger partial charge in [-0.1, -0.05) is 6.07 Å². The molecule has 0 amide bonds. The molecule has 0 aromatic heterocycles. The van der Waals surface area contributed by atoms with Crippen LogP contribution in [0.5, 0.6) is 5.75 Å². The highest BCUT2D eigenvalue weighted by molar-refractivity contribution is 5.95. The summed E-state index contributed by atoms with van der Waals surface area (Å²) < 4.78 is 32.2. The molecule has 0 aliphatic carbocycles. The van der Waals surface area contributed by atoms with Gasteiger partial charge in [0.25, 0.3) is 0 Å². The van der Waals surface area contributed by atoms with Crippen molar-refractivity contribution in [1.29, 1.82) is 0 Å². The van der Waals surface area contributed by atoms with Crippen LogP contribution in [0.3, 0.4) is 0 Å². The van der Waals surface area contributed by atoms with Crippen molar-refractivity contribution in [3.05, 3.63) is 63.7 Å². The zero-order chi connectivity index (χ0) is 18.0. The maximum absolute atomic E-state index is 13.7. The molecule has 0 fully saturated rings. The van der Waals surface area contributed by atoms with E-state index in [0.29, 0.717) is 11.1 Å². The Bertz CT molecular complexity index is 830. The number of halogens is 2. The number of methoxy groups -OCH3 is 1. The van der Waals surface area contributed by atoms with Gasteiger partial charge < -0.3 is 14.9 Å². The van der Waals surface area contributed by atoms with Gasteiger partial charge in [-0.25, -0.2) is 14.0 Å². The van der Waals surface area contributed by atoms with Crippen LogP contribution in [-0.4, -0.2) is 29.3 Å². The molecule has 2 aromatic rings. The van der Waals surface area contributed by atoms with Crippen molar-refractivity contribution in [2.24, 2.45) is 0 Å². The van der Waals surface area contributed by atoms with Crippen LogP contribution >= 0.6 is 0 Å².